The van der Waals surface area contributed by atoms with Crippen molar-refractivity contribution in [1.82, 2.24) is 4.90 Å². The molecule has 1 unspecified atom stereocenters. The predicted octanol–water partition coefficient (Wildman–Crippen LogP) is 2.47. The highest BCUT2D eigenvalue weighted by atomic mass is 16.4. The average molecular weight is 227 g/mol. The van der Waals surface area contributed by atoms with Gasteiger partial charge in [-0.05, 0) is 50.6 Å². The van der Waals surface area contributed by atoms with E-state index in [9.17, 15) is 4.79 Å². The lowest BCUT2D eigenvalue weighted by molar-refractivity contribution is -0.141. The normalized spacial score (nSPS) is 35.3. The molecule has 0 aliphatic heterocycles. The van der Waals surface area contributed by atoms with Gasteiger partial charge in [-0.15, -0.1) is 0 Å². The maximum absolute atomic E-state index is 11.0. The highest BCUT2D eigenvalue weighted by Crippen LogP contribution is 2.44. The third-order valence-electron chi connectivity index (χ3n) is 3.55. The monoisotopic (exact) mass is 227 g/mol. The Balaban J connectivity index is 2.79. The van der Waals surface area contributed by atoms with Crippen molar-refractivity contribution in [1.29, 1.82) is 0 Å². The predicted molar refractivity (Wildman–Crippen MR) is 65.4 cm³/mol. The maximum atomic E-state index is 11.0. The molecule has 1 saturated carbocycles. The van der Waals surface area contributed by atoms with Gasteiger partial charge in [-0.2, -0.15) is 0 Å². The highest BCUT2D eigenvalue weighted by molar-refractivity contribution is 5.67. The van der Waals surface area contributed by atoms with E-state index in [0.717, 1.165) is 19.4 Å². The summed E-state index contributed by atoms with van der Waals surface area (Å²) in [5.74, 6) is 0.661. The molecule has 0 aromatic rings. The summed E-state index contributed by atoms with van der Waals surface area (Å²) in [5, 5.41) is 9.10. The largest absolute Gasteiger partial charge is 0.481 e. The standard InChI is InChI=1S/C13H25NO2/c1-10-5-11(2)7-13(6-10,8-12(15)16)9-14(3)4/h10-11H,5-9H2,1-4H3,(H,15,16)/t10-,11+,13?. The summed E-state index contributed by atoms with van der Waals surface area (Å²) in [5.41, 5.74) is -0.00752. The van der Waals surface area contributed by atoms with E-state index in [-0.39, 0.29) is 5.41 Å². The summed E-state index contributed by atoms with van der Waals surface area (Å²) in [6.07, 6.45) is 3.68. The minimum atomic E-state index is -0.650. The van der Waals surface area contributed by atoms with Gasteiger partial charge in [-0.25, -0.2) is 0 Å². The van der Waals surface area contributed by atoms with Crippen molar-refractivity contribution in [2.24, 2.45) is 17.3 Å². The summed E-state index contributed by atoms with van der Waals surface area (Å²) >= 11 is 0. The zero-order chi connectivity index (χ0) is 12.3. The fourth-order valence-electron chi connectivity index (χ4n) is 3.74. The van der Waals surface area contributed by atoms with E-state index in [1.165, 1.54) is 6.42 Å². The van der Waals surface area contributed by atoms with Gasteiger partial charge in [-0.3, -0.25) is 4.79 Å². The quantitative estimate of drug-likeness (QED) is 0.802. The van der Waals surface area contributed by atoms with Crippen LogP contribution in [-0.4, -0.2) is 36.6 Å². The number of hydrogen-bond donors (Lipinski definition) is 1. The third kappa shape index (κ3) is 3.78. The Kier molecular flexibility index (Phi) is 4.36. The van der Waals surface area contributed by atoms with Crippen molar-refractivity contribution in [2.45, 2.75) is 39.5 Å². The second kappa shape index (κ2) is 5.17. The van der Waals surface area contributed by atoms with Crippen molar-refractivity contribution < 1.29 is 9.90 Å². The van der Waals surface area contributed by atoms with Gasteiger partial charge < -0.3 is 10.0 Å². The molecule has 3 heteroatoms. The Morgan fingerprint density at radius 3 is 2.19 bits per heavy atom. The molecule has 0 saturated heterocycles. The van der Waals surface area contributed by atoms with Crippen molar-refractivity contribution >= 4 is 5.97 Å². The number of carboxylic acid groups (broad SMARTS) is 1. The molecule has 3 nitrogen and oxygen atoms in total. The maximum Gasteiger partial charge on any atom is 0.303 e. The van der Waals surface area contributed by atoms with Gasteiger partial charge >= 0.3 is 5.97 Å². The van der Waals surface area contributed by atoms with Gasteiger partial charge in [0, 0.05) is 6.54 Å². The van der Waals surface area contributed by atoms with Crippen LogP contribution < -0.4 is 0 Å². The first kappa shape index (κ1) is 13.5. The van der Waals surface area contributed by atoms with E-state index in [4.69, 9.17) is 5.11 Å². The van der Waals surface area contributed by atoms with Crippen LogP contribution in [0.4, 0.5) is 0 Å². The van der Waals surface area contributed by atoms with Crippen LogP contribution in [0.2, 0.25) is 0 Å². The van der Waals surface area contributed by atoms with E-state index in [0.29, 0.717) is 18.3 Å². The molecule has 3 atom stereocenters. The molecule has 0 amide bonds. The third-order valence-corrected chi connectivity index (χ3v) is 3.55. The van der Waals surface area contributed by atoms with Gasteiger partial charge in [0.15, 0.2) is 0 Å². The van der Waals surface area contributed by atoms with Crippen LogP contribution in [0.25, 0.3) is 0 Å². The van der Waals surface area contributed by atoms with E-state index >= 15 is 0 Å². The number of rotatable bonds is 4. The smallest absolute Gasteiger partial charge is 0.303 e. The Hall–Kier alpha value is -0.570. The number of nitrogens with zero attached hydrogens (tertiary/aromatic N) is 1. The molecule has 1 aliphatic rings. The molecule has 0 spiro atoms. The second-order valence-corrected chi connectivity index (χ2v) is 6.16. The van der Waals surface area contributed by atoms with Crippen molar-refractivity contribution in [3.8, 4) is 0 Å². The first-order valence-electron chi connectivity index (χ1n) is 6.19. The van der Waals surface area contributed by atoms with E-state index in [2.05, 4.69) is 18.7 Å². The summed E-state index contributed by atoms with van der Waals surface area (Å²) in [7, 11) is 4.07. The van der Waals surface area contributed by atoms with Gasteiger partial charge in [0.25, 0.3) is 0 Å². The van der Waals surface area contributed by atoms with Gasteiger partial charge in [0.1, 0.15) is 0 Å². The number of carbonyl (C=O) groups is 1. The summed E-state index contributed by atoms with van der Waals surface area (Å²) in [6.45, 7) is 5.40. The van der Waals surface area contributed by atoms with Crippen LogP contribution in [0.5, 0.6) is 0 Å². The molecule has 94 valence electrons. The molecule has 1 fully saturated rings. The Labute approximate surface area is 98.8 Å². The summed E-state index contributed by atoms with van der Waals surface area (Å²) < 4.78 is 0. The van der Waals surface area contributed by atoms with E-state index in [1.807, 2.05) is 14.1 Å². The van der Waals surface area contributed by atoms with Crippen LogP contribution in [0.3, 0.4) is 0 Å². The molecule has 1 N–H and O–H groups in total. The van der Waals surface area contributed by atoms with Crippen LogP contribution in [-0.2, 0) is 4.79 Å². The zero-order valence-electron chi connectivity index (χ0n) is 11.0. The molecule has 0 bridgehead atoms. The molecule has 0 heterocycles. The van der Waals surface area contributed by atoms with Gasteiger partial charge in [-0.1, -0.05) is 13.8 Å². The summed E-state index contributed by atoms with van der Waals surface area (Å²) in [4.78, 5) is 13.2. The van der Waals surface area contributed by atoms with Crippen molar-refractivity contribution in [3.63, 3.8) is 0 Å². The molecule has 0 radical (unpaired) electrons. The van der Waals surface area contributed by atoms with Crippen LogP contribution >= 0.6 is 0 Å². The average Bonchev–Trinajstić information content (AvgIpc) is 1.95. The molecule has 0 aromatic heterocycles. The van der Waals surface area contributed by atoms with Gasteiger partial charge in [0.2, 0.25) is 0 Å². The number of aliphatic carboxylic acids is 1. The second-order valence-electron chi connectivity index (χ2n) is 6.16. The molecular formula is C13H25NO2. The minimum absolute atomic E-state index is 0.00752. The first-order chi connectivity index (χ1) is 7.33. The zero-order valence-corrected chi connectivity index (χ0v) is 11.0. The fraction of sp³-hybridized carbons (Fsp3) is 0.923. The van der Waals surface area contributed by atoms with Crippen molar-refractivity contribution in [3.05, 3.63) is 0 Å². The number of hydrogen-bond acceptors (Lipinski definition) is 2. The lowest BCUT2D eigenvalue weighted by atomic mass is 9.64. The topological polar surface area (TPSA) is 40.5 Å². The van der Waals surface area contributed by atoms with Crippen LogP contribution in [0, 0.1) is 17.3 Å². The SMILES string of the molecule is C[C@@H]1C[C@H](C)CC(CC(=O)O)(CN(C)C)C1. The van der Waals surface area contributed by atoms with E-state index in [1.54, 1.807) is 0 Å². The molecule has 1 rings (SSSR count). The van der Waals surface area contributed by atoms with Crippen molar-refractivity contribution in [2.75, 3.05) is 20.6 Å². The lowest BCUT2D eigenvalue weighted by Crippen LogP contribution is -2.41. The van der Waals surface area contributed by atoms with Crippen LogP contribution in [0.1, 0.15) is 39.5 Å². The highest BCUT2D eigenvalue weighted by Gasteiger charge is 2.39. The lowest BCUT2D eigenvalue weighted by Gasteiger charge is -2.43. The fourth-order valence-corrected chi connectivity index (χ4v) is 3.74. The van der Waals surface area contributed by atoms with E-state index < -0.39 is 5.97 Å². The molecular weight excluding hydrogens is 202 g/mol. The molecule has 16 heavy (non-hydrogen) atoms. The summed E-state index contributed by atoms with van der Waals surface area (Å²) in [6, 6.07) is 0. The Morgan fingerprint density at radius 1 is 1.31 bits per heavy atom. The molecule has 1 aliphatic carbocycles. The van der Waals surface area contributed by atoms with Crippen LogP contribution in [0.15, 0.2) is 0 Å². The minimum Gasteiger partial charge on any atom is -0.481 e. The Bertz CT molecular complexity index is 235. The molecule has 0 aromatic carbocycles. The Morgan fingerprint density at radius 2 is 1.81 bits per heavy atom. The number of carboxylic acids is 1. The first-order valence-corrected chi connectivity index (χ1v) is 6.19. The van der Waals surface area contributed by atoms with Gasteiger partial charge in [0.05, 0.1) is 6.42 Å².